The van der Waals surface area contributed by atoms with Crippen LogP contribution < -0.4 is 10.6 Å². The average Bonchev–Trinajstić information content (AvgIpc) is 3.06. The number of amides is 2. The highest BCUT2D eigenvalue weighted by atomic mass is 32.1. The van der Waals surface area contributed by atoms with Gasteiger partial charge in [0.25, 0.3) is 0 Å². The van der Waals surface area contributed by atoms with E-state index in [-0.39, 0.29) is 6.03 Å². The maximum absolute atomic E-state index is 12.1. The number of rotatable bonds is 3. The highest BCUT2D eigenvalue weighted by Gasteiger charge is 2.09. The highest BCUT2D eigenvalue weighted by Crippen LogP contribution is 2.25. The number of hydrogen-bond acceptors (Lipinski definition) is 4. The molecule has 2 aromatic carbocycles. The Balaban J connectivity index is 1.67. The third-order valence-corrected chi connectivity index (χ3v) is 4.56. The van der Waals surface area contributed by atoms with E-state index in [1.807, 2.05) is 49.6 Å². The lowest BCUT2D eigenvalue weighted by Crippen LogP contribution is -2.19. The summed E-state index contributed by atoms with van der Waals surface area (Å²) in [7, 11) is 0. The van der Waals surface area contributed by atoms with Crippen molar-refractivity contribution < 1.29 is 4.79 Å². The topological polar surface area (TPSA) is 77.8 Å². The number of nitrogens with zero attached hydrogens (tertiary/aromatic N) is 2. The van der Waals surface area contributed by atoms with E-state index in [9.17, 15) is 4.79 Å². The van der Waals surface area contributed by atoms with E-state index in [0.717, 1.165) is 22.5 Å². The zero-order chi connectivity index (χ0) is 17.8. The summed E-state index contributed by atoms with van der Waals surface area (Å²) < 4.78 is 0. The second kappa shape index (κ2) is 7.16. The Kier molecular flexibility index (Phi) is 4.78. The van der Waals surface area contributed by atoms with E-state index < -0.39 is 0 Å². The SMILES string of the molecule is Cc1ccc(NC(=O)Nc2nc(-c3ccc(C#N)cc3)cs2)cc1C. The molecule has 0 fully saturated rings. The molecule has 0 atom stereocenters. The number of anilines is 2. The molecule has 0 radical (unpaired) electrons. The standard InChI is InChI=1S/C19H16N4OS/c1-12-3-8-16(9-13(12)2)21-18(24)23-19-22-17(11-25-19)15-6-4-14(10-20)5-7-15/h3-9,11H,1-2H3,(H2,21,22,23,24). The van der Waals surface area contributed by atoms with Gasteiger partial charge in [-0.25, -0.2) is 9.78 Å². The van der Waals surface area contributed by atoms with E-state index in [4.69, 9.17) is 5.26 Å². The fraction of sp³-hybridized carbons (Fsp3) is 0.105. The molecular formula is C19H16N4OS. The van der Waals surface area contributed by atoms with Crippen LogP contribution in [0.25, 0.3) is 11.3 Å². The van der Waals surface area contributed by atoms with Crippen molar-refractivity contribution in [1.82, 2.24) is 4.98 Å². The van der Waals surface area contributed by atoms with Gasteiger partial charge in [0.2, 0.25) is 0 Å². The predicted octanol–water partition coefficient (Wildman–Crippen LogP) is 4.94. The molecule has 25 heavy (non-hydrogen) atoms. The van der Waals surface area contributed by atoms with Crippen molar-refractivity contribution in [2.75, 3.05) is 10.6 Å². The van der Waals surface area contributed by atoms with Crippen LogP contribution in [0.4, 0.5) is 15.6 Å². The number of aryl methyl sites for hydroxylation is 2. The lowest BCUT2D eigenvalue weighted by Gasteiger charge is -2.07. The number of nitriles is 1. The third kappa shape index (κ3) is 4.03. The normalized spacial score (nSPS) is 10.1. The van der Waals surface area contributed by atoms with E-state index in [1.165, 1.54) is 16.9 Å². The Labute approximate surface area is 150 Å². The average molecular weight is 348 g/mol. The second-order valence-corrected chi connectivity index (χ2v) is 6.46. The lowest BCUT2D eigenvalue weighted by molar-refractivity contribution is 0.262. The number of thiazole rings is 1. The molecule has 0 saturated carbocycles. The minimum absolute atomic E-state index is 0.330. The Hall–Kier alpha value is -3.17. The van der Waals surface area contributed by atoms with Crippen molar-refractivity contribution in [2.45, 2.75) is 13.8 Å². The molecule has 1 aromatic heterocycles. The molecule has 1 heterocycles. The van der Waals surface area contributed by atoms with Crippen LogP contribution in [0.1, 0.15) is 16.7 Å². The predicted molar refractivity (Wildman–Crippen MR) is 101 cm³/mol. The van der Waals surface area contributed by atoms with Crippen LogP contribution in [0.3, 0.4) is 0 Å². The summed E-state index contributed by atoms with van der Waals surface area (Å²) in [6.07, 6.45) is 0. The minimum Gasteiger partial charge on any atom is -0.308 e. The van der Waals surface area contributed by atoms with Gasteiger partial charge in [-0.3, -0.25) is 5.32 Å². The first-order valence-electron chi connectivity index (χ1n) is 7.66. The summed E-state index contributed by atoms with van der Waals surface area (Å²) in [5.41, 5.74) is 5.30. The van der Waals surface area contributed by atoms with E-state index in [1.54, 1.807) is 12.1 Å². The molecule has 5 nitrogen and oxygen atoms in total. The van der Waals surface area contributed by atoms with E-state index >= 15 is 0 Å². The Morgan fingerprint density at radius 1 is 1.08 bits per heavy atom. The van der Waals surface area contributed by atoms with Crippen LogP contribution in [0.5, 0.6) is 0 Å². The molecule has 0 bridgehead atoms. The highest BCUT2D eigenvalue weighted by molar-refractivity contribution is 7.14. The van der Waals surface area contributed by atoms with Crippen molar-refractivity contribution in [3.63, 3.8) is 0 Å². The zero-order valence-electron chi connectivity index (χ0n) is 13.8. The van der Waals surface area contributed by atoms with Crippen molar-refractivity contribution >= 4 is 28.2 Å². The summed E-state index contributed by atoms with van der Waals surface area (Å²) >= 11 is 1.35. The molecule has 0 aliphatic rings. The minimum atomic E-state index is -0.330. The number of urea groups is 1. The van der Waals surface area contributed by atoms with Gasteiger partial charge in [-0.2, -0.15) is 5.26 Å². The van der Waals surface area contributed by atoms with E-state index in [2.05, 4.69) is 21.7 Å². The van der Waals surface area contributed by atoms with Gasteiger partial charge in [0.1, 0.15) is 0 Å². The van der Waals surface area contributed by atoms with Crippen molar-refractivity contribution in [1.29, 1.82) is 5.26 Å². The quantitative estimate of drug-likeness (QED) is 0.703. The molecule has 0 aliphatic heterocycles. The maximum Gasteiger partial charge on any atom is 0.325 e. The molecule has 0 saturated heterocycles. The number of aromatic nitrogens is 1. The van der Waals surface area contributed by atoms with Gasteiger partial charge in [0, 0.05) is 16.6 Å². The van der Waals surface area contributed by atoms with Crippen LogP contribution >= 0.6 is 11.3 Å². The van der Waals surface area contributed by atoms with Gasteiger partial charge in [-0.05, 0) is 49.2 Å². The van der Waals surface area contributed by atoms with Crippen molar-refractivity contribution in [3.05, 3.63) is 64.5 Å². The van der Waals surface area contributed by atoms with Crippen LogP contribution in [0.15, 0.2) is 47.8 Å². The fourth-order valence-corrected chi connectivity index (χ4v) is 2.97. The molecule has 6 heteroatoms. The van der Waals surface area contributed by atoms with Crippen LogP contribution in [0.2, 0.25) is 0 Å². The lowest BCUT2D eigenvalue weighted by atomic mass is 10.1. The first-order chi connectivity index (χ1) is 12.0. The number of nitrogens with one attached hydrogen (secondary N) is 2. The molecule has 2 amide bonds. The van der Waals surface area contributed by atoms with Crippen LogP contribution in [0, 0.1) is 25.2 Å². The zero-order valence-corrected chi connectivity index (χ0v) is 14.6. The molecule has 0 spiro atoms. The van der Waals surface area contributed by atoms with Gasteiger partial charge < -0.3 is 5.32 Å². The Morgan fingerprint density at radius 2 is 1.84 bits per heavy atom. The Morgan fingerprint density at radius 3 is 2.52 bits per heavy atom. The number of carbonyl (C=O) groups excluding carboxylic acids is 1. The van der Waals surface area contributed by atoms with Crippen LogP contribution in [-0.2, 0) is 0 Å². The van der Waals surface area contributed by atoms with Gasteiger partial charge >= 0.3 is 6.03 Å². The summed E-state index contributed by atoms with van der Waals surface area (Å²) in [6, 6.07) is 14.7. The second-order valence-electron chi connectivity index (χ2n) is 5.61. The van der Waals surface area contributed by atoms with Gasteiger partial charge in [-0.15, -0.1) is 11.3 Å². The van der Waals surface area contributed by atoms with Crippen LogP contribution in [-0.4, -0.2) is 11.0 Å². The third-order valence-electron chi connectivity index (χ3n) is 3.80. The van der Waals surface area contributed by atoms with Gasteiger partial charge in [0.05, 0.1) is 17.3 Å². The molecule has 124 valence electrons. The van der Waals surface area contributed by atoms with Gasteiger partial charge in [-0.1, -0.05) is 18.2 Å². The van der Waals surface area contributed by atoms with Crippen molar-refractivity contribution in [2.24, 2.45) is 0 Å². The van der Waals surface area contributed by atoms with E-state index in [0.29, 0.717) is 10.7 Å². The summed E-state index contributed by atoms with van der Waals surface area (Å²) in [5, 5.41) is 16.8. The van der Waals surface area contributed by atoms with Crippen molar-refractivity contribution in [3.8, 4) is 17.3 Å². The number of carbonyl (C=O) groups is 1. The monoisotopic (exact) mass is 348 g/mol. The fourth-order valence-electron chi connectivity index (χ4n) is 2.26. The summed E-state index contributed by atoms with van der Waals surface area (Å²) in [4.78, 5) is 16.5. The Bertz CT molecular complexity index is 954. The molecule has 3 rings (SSSR count). The number of benzene rings is 2. The van der Waals surface area contributed by atoms with Gasteiger partial charge in [0.15, 0.2) is 5.13 Å². The molecule has 3 aromatic rings. The molecule has 0 unspecified atom stereocenters. The number of hydrogen-bond donors (Lipinski definition) is 2. The molecule has 0 aliphatic carbocycles. The molecular weight excluding hydrogens is 332 g/mol. The smallest absolute Gasteiger partial charge is 0.308 e. The summed E-state index contributed by atoms with van der Waals surface area (Å²) in [5.74, 6) is 0. The first-order valence-corrected chi connectivity index (χ1v) is 8.54. The first kappa shape index (κ1) is 16.7. The maximum atomic E-state index is 12.1. The summed E-state index contributed by atoms with van der Waals surface area (Å²) in [6.45, 7) is 4.03. The molecule has 2 N–H and O–H groups in total. The largest absolute Gasteiger partial charge is 0.325 e.